The van der Waals surface area contributed by atoms with E-state index < -0.39 is 0 Å². The number of hydrogen-bond acceptors (Lipinski definition) is 3. The molecule has 1 aromatic heterocycles. The molecule has 3 nitrogen and oxygen atoms in total. The lowest BCUT2D eigenvalue weighted by atomic mass is 10.2. The molecule has 2 aromatic rings. The smallest absolute Gasteiger partial charge is 0.264 e. The van der Waals surface area contributed by atoms with Crippen LogP contribution in [0.3, 0.4) is 0 Å². The van der Waals surface area contributed by atoms with Crippen molar-refractivity contribution in [1.82, 2.24) is 4.90 Å². The SMILES string of the molecule is O=C(c1cc2ccc(Cl)cc2s1)N1CCOCC1. The van der Waals surface area contributed by atoms with Crippen LogP contribution >= 0.6 is 22.9 Å². The van der Waals surface area contributed by atoms with Crippen LogP contribution in [0.4, 0.5) is 0 Å². The van der Waals surface area contributed by atoms with E-state index in [0.29, 0.717) is 31.3 Å². The van der Waals surface area contributed by atoms with Gasteiger partial charge in [-0.1, -0.05) is 17.7 Å². The standard InChI is InChI=1S/C13H12ClNO2S/c14-10-2-1-9-7-12(18-11(9)8-10)13(16)15-3-5-17-6-4-15/h1-2,7-8H,3-6H2. The van der Waals surface area contributed by atoms with E-state index in [9.17, 15) is 4.79 Å². The number of carbonyl (C=O) groups is 1. The molecule has 0 atom stereocenters. The maximum absolute atomic E-state index is 12.3. The fraction of sp³-hybridized carbons (Fsp3) is 0.308. The van der Waals surface area contributed by atoms with Crippen LogP contribution in [0.15, 0.2) is 24.3 Å². The highest BCUT2D eigenvalue weighted by atomic mass is 35.5. The Bertz CT molecular complexity index is 590. The fourth-order valence-corrected chi connectivity index (χ4v) is 3.34. The number of carbonyl (C=O) groups excluding carboxylic acids is 1. The highest BCUT2D eigenvalue weighted by molar-refractivity contribution is 7.20. The number of morpholine rings is 1. The number of fused-ring (bicyclic) bond motifs is 1. The summed E-state index contributed by atoms with van der Waals surface area (Å²) in [6, 6.07) is 7.63. The molecule has 1 saturated heterocycles. The van der Waals surface area contributed by atoms with Gasteiger partial charge in [0.2, 0.25) is 0 Å². The lowest BCUT2D eigenvalue weighted by Gasteiger charge is -2.26. The fourth-order valence-electron chi connectivity index (χ4n) is 2.03. The van der Waals surface area contributed by atoms with Crippen molar-refractivity contribution in [2.75, 3.05) is 26.3 Å². The average molecular weight is 282 g/mol. The largest absolute Gasteiger partial charge is 0.378 e. The molecule has 2 heterocycles. The van der Waals surface area contributed by atoms with Gasteiger partial charge in [0, 0.05) is 22.8 Å². The minimum atomic E-state index is 0.0932. The summed E-state index contributed by atoms with van der Waals surface area (Å²) >= 11 is 7.45. The van der Waals surface area contributed by atoms with Gasteiger partial charge in [0.05, 0.1) is 18.1 Å². The molecule has 94 valence electrons. The summed E-state index contributed by atoms with van der Waals surface area (Å²) in [5, 5.41) is 1.77. The van der Waals surface area contributed by atoms with Gasteiger partial charge in [0.25, 0.3) is 5.91 Å². The Morgan fingerprint density at radius 1 is 1.28 bits per heavy atom. The molecule has 3 rings (SSSR count). The predicted octanol–water partition coefficient (Wildman–Crippen LogP) is 3.03. The maximum Gasteiger partial charge on any atom is 0.264 e. The number of ether oxygens (including phenoxy) is 1. The van der Waals surface area contributed by atoms with Gasteiger partial charge in [-0.3, -0.25) is 4.79 Å². The molecular weight excluding hydrogens is 270 g/mol. The van der Waals surface area contributed by atoms with Crippen molar-refractivity contribution in [3.8, 4) is 0 Å². The second-order valence-electron chi connectivity index (χ2n) is 4.20. The Morgan fingerprint density at radius 2 is 2.06 bits per heavy atom. The van der Waals surface area contributed by atoms with Crippen molar-refractivity contribution in [3.63, 3.8) is 0 Å². The van der Waals surface area contributed by atoms with Crippen molar-refractivity contribution in [2.24, 2.45) is 0 Å². The van der Waals surface area contributed by atoms with E-state index in [1.807, 2.05) is 29.2 Å². The van der Waals surface area contributed by atoms with E-state index in [0.717, 1.165) is 15.0 Å². The Morgan fingerprint density at radius 3 is 2.83 bits per heavy atom. The zero-order valence-electron chi connectivity index (χ0n) is 9.69. The normalized spacial score (nSPS) is 16.2. The van der Waals surface area contributed by atoms with Crippen molar-refractivity contribution in [2.45, 2.75) is 0 Å². The molecular formula is C13H12ClNO2S. The summed E-state index contributed by atoms with van der Waals surface area (Å²) < 4.78 is 6.31. The second-order valence-corrected chi connectivity index (χ2v) is 5.72. The molecule has 18 heavy (non-hydrogen) atoms. The Kier molecular flexibility index (Phi) is 3.24. The minimum absolute atomic E-state index is 0.0932. The van der Waals surface area contributed by atoms with Gasteiger partial charge in [-0.15, -0.1) is 11.3 Å². The van der Waals surface area contributed by atoms with Gasteiger partial charge in [-0.05, 0) is 23.6 Å². The molecule has 0 spiro atoms. The number of amides is 1. The molecule has 0 saturated carbocycles. The number of halogens is 1. The van der Waals surface area contributed by atoms with Crippen molar-refractivity contribution in [3.05, 3.63) is 34.2 Å². The number of nitrogens with zero attached hydrogens (tertiary/aromatic N) is 1. The van der Waals surface area contributed by atoms with Gasteiger partial charge >= 0.3 is 0 Å². The summed E-state index contributed by atoms with van der Waals surface area (Å²) in [6.07, 6.45) is 0. The summed E-state index contributed by atoms with van der Waals surface area (Å²) in [7, 11) is 0. The third kappa shape index (κ3) is 2.23. The maximum atomic E-state index is 12.3. The zero-order chi connectivity index (χ0) is 12.5. The van der Waals surface area contributed by atoms with Gasteiger partial charge < -0.3 is 9.64 Å². The van der Waals surface area contributed by atoms with Crippen LogP contribution in [-0.2, 0) is 4.74 Å². The van der Waals surface area contributed by atoms with Crippen LogP contribution in [0.5, 0.6) is 0 Å². The highest BCUT2D eigenvalue weighted by Gasteiger charge is 2.20. The van der Waals surface area contributed by atoms with E-state index in [4.69, 9.17) is 16.3 Å². The van der Waals surface area contributed by atoms with Crippen molar-refractivity contribution < 1.29 is 9.53 Å². The molecule has 1 aliphatic rings. The van der Waals surface area contributed by atoms with Gasteiger partial charge in [-0.2, -0.15) is 0 Å². The summed E-state index contributed by atoms with van der Waals surface area (Å²) in [5.74, 6) is 0.0932. The minimum Gasteiger partial charge on any atom is -0.378 e. The molecule has 1 amide bonds. The molecule has 0 unspecified atom stereocenters. The summed E-state index contributed by atoms with van der Waals surface area (Å²) in [5.41, 5.74) is 0. The quantitative estimate of drug-likeness (QED) is 0.804. The third-order valence-electron chi connectivity index (χ3n) is 2.99. The Hall–Kier alpha value is -1.10. The van der Waals surface area contributed by atoms with E-state index >= 15 is 0 Å². The average Bonchev–Trinajstić information content (AvgIpc) is 2.81. The van der Waals surface area contributed by atoms with Gasteiger partial charge in [-0.25, -0.2) is 0 Å². The first-order valence-corrected chi connectivity index (χ1v) is 6.99. The zero-order valence-corrected chi connectivity index (χ0v) is 11.3. The van der Waals surface area contributed by atoms with Gasteiger partial charge in [0.15, 0.2) is 0 Å². The third-order valence-corrected chi connectivity index (χ3v) is 4.31. The molecule has 0 aliphatic carbocycles. The van der Waals surface area contributed by atoms with Crippen LogP contribution in [0, 0.1) is 0 Å². The summed E-state index contributed by atoms with van der Waals surface area (Å²) in [6.45, 7) is 2.60. The topological polar surface area (TPSA) is 29.5 Å². The van der Waals surface area contributed by atoms with E-state index in [2.05, 4.69) is 0 Å². The molecule has 0 N–H and O–H groups in total. The number of hydrogen-bond donors (Lipinski definition) is 0. The molecule has 1 fully saturated rings. The van der Waals surface area contributed by atoms with E-state index in [1.54, 1.807) is 0 Å². The highest BCUT2D eigenvalue weighted by Crippen LogP contribution is 2.29. The predicted molar refractivity (Wildman–Crippen MR) is 73.6 cm³/mol. The molecule has 1 aliphatic heterocycles. The lowest BCUT2D eigenvalue weighted by molar-refractivity contribution is 0.0306. The van der Waals surface area contributed by atoms with Crippen molar-refractivity contribution >= 4 is 38.9 Å². The molecule has 1 aromatic carbocycles. The first-order valence-electron chi connectivity index (χ1n) is 5.80. The monoisotopic (exact) mass is 281 g/mol. The van der Waals surface area contributed by atoms with Crippen LogP contribution in [-0.4, -0.2) is 37.1 Å². The summed E-state index contributed by atoms with van der Waals surface area (Å²) in [4.78, 5) is 14.9. The van der Waals surface area contributed by atoms with Gasteiger partial charge in [0.1, 0.15) is 0 Å². The molecule has 5 heteroatoms. The van der Waals surface area contributed by atoms with Crippen LogP contribution in [0.2, 0.25) is 5.02 Å². The second kappa shape index (κ2) is 4.88. The van der Waals surface area contributed by atoms with E-state index in [1.165, 1.54) is 11.3 Å². The number of thiophene rings is 1. The Balaban J connectivity index is 1.91. The first-order chi connectivity index (χ1) is 8.74. The van der Waals surface area contributed by atoms with Crippen LogP contribution < -0.4 is 0 Å². The van der Waals surface area contributed by atoms with Crippen LogP contribution in [0.25, 0.3) is 10.1 Å². The van der Waals surface area contributed by atoms with Crippen molar-refractivity contribution in [1.29, 1.82) is 0 Å². The molecule has 0 bridgehead atoms. The number of benzene rings is 1. The first kappa shape index (κ1) is 12.0. The molecule has 0 radical (unpaired) electrons. The van der Waals surface area contributed by atoms with Crippen LogP contribution in [0.1, 0.15) is 9.67 Å². The lowest BCUT2D eigenvalue weighted by Crippen LogP contribution is -2.40. The van der Waals surface area contributed by atoms with E-state index in [-0.39, 0.29) is 5.91 Å². The Labute approximate surface area is 114 Å². The number of rotatable bonds is 1.